The maximum absolute atomic E-state index is 4.85. The molecule has 0 amide bonds. The molecule has 0 radical (unpaired) electrons. The van der Waals surface area contributed by atoms with Crippen molar-refractivity contribution in [2.24, 2.45) is 4.99 Å². The van der Waals surface area contributed by atoms with Gasteiger partial charge in [-0.1, -0.05) is 31.2 Å². The van der Waals surface area contributed by atoms with E-state index in [9.17, 15) is 0 Å². The van der Waals surface area contributed by atoms with Crippen LogP contribution in [-0.4, -0.2) is 17.8 Å². The molecule has 0 fully saturated rings. The summed E-state index contributed by atoms with van der Waals surface area (Å²) in [5, 5.41) is 2.16. The van der Waals surface area contributed by atoms with Crippen LogP contribution in [-0.2, 0) is 6.42 Å². The minimum absolute atomic E-state index is 0. The quantitative estimate of drug-likeness (QED) is 0.775. The average Bonchev–Trinajstić information content (AvgIpc) is 2.92. The van der Waals surface area contributed by atoms with E-state index in [4.69, 9.17) is 4.99 Å². The molecule has 0 N–H and O–H groups in total. The lowest BCUT2D eigenvalue weighted by molar-refractivity contribution is 0.376. The molecule has 1 atom stereocenters. The highest BCUT2D eigenvalue weighted by atomic mass is 35.5. The van der Waals surface area contributed by atoms with Crippen LogP contribution in [0.3, 0.4) is 0 Å². The minimum atomic E-state index is 0. The van der Waals surface area contributed by atoms with Crippen molar-refractivity contribution < 1.29 is 0 Å². The van der Waals surface area contributed by atoms with E-state index in [-0.39, 0.29) is 12.4 Å². The Morgan fingerprint density at radius 3 is 2.75 bits per heavy atom. The Bertz CT molecular complexity index is 592. The van der Waals surface area contributed by atoms with Crippen molar-refractivity contribution in [2.45, 2.75) is 25.8 Å². The zero-order valence-electron chi connectivity index (χ0n) is 11.7. The number of thiophene rings is 1. The minimum Gasteiger partial charge on any atom is -0.355 e. The van der Waals surface area contributed by atoms with Gasteiger partial charge in [0.2, 0.25) is 0 Å². The lowest BCUT2D eigenvalue weighted by atomic mass is 10.0. The smallest absolute Gasteiger partial charge is 0.105 e. The van der Waals surface area contributed by atoms with Gasteiger partial charge in [-0.3, -0.25) is 0 Å². The van der Waals surface area contributed by atoms with Crippen LogP contribution < -0.4 is 0 Å². The number of hydrogen-bond acceptors (Lipinski definition) is 3. The molecule has 0 bridgehead atoms. The molecule has 1 aliphatic rings. The Labute approximate surface area is 130 Å². The fraction of sp³-hybridized carbons (Fsp3) is 0.312. The monoisotopic (exact) mass is 306 g/mol. The van der Waals surface area contributed by atoms with Crippen molar-refractivity contribution >= 4 is 35.3 Å². The molecule has 0 spiro atoms. The highest BCUT2D eigenvalue weighted by molar-refractivity contribution is 7.10. The van der Waals surface area contributed by atoms with Gasteiger partial charge in [0.1, 0.15) is 5.84 Å². The van der Waals surface area contributed by atoms with E-state index in [1.807, 2.05) is 11.3 Å². The predicted molar refractivity (Wildman–Crippen MR) is 89.6 cm³/mol. The van der Waals surface area contributed by atoms with Gasteiger partial charge in [-0.2, -0.15) is 0 Å². The van der Waals surface area contributed by atoms with Crippen LogP contribution in [0.15, 0.2) is 46.8 Å². The molecule has 2 heterocycles. The van der Waals surface area contributed by atoms with Crippen molar-refractivity contribution in [1.82, 2.24) is 4.90 Å². The maximum Gasteiger partial charge on any atom is 0.105 e. The summed E-state index contributed by atoms with van der Waals surface area (Å²) in [7, 11) is 2.17. The summed E-state index contributed by atoms with van der Waals surface area (Å²) in [5.41, 5.74) is 2.47. The Kier molecular flexibility index (Phi) is 4.84. The van der Waals surface area contributed by atoms with Crippen LogP contribution in [0.1, 0.15) is 29.8 Å². The molecule has 0 saturated heterocycles. The molecule has 1 aromatic heterocycles. The largest absolute Gasteiger partial charge is 0.355 e. The summed E-state index contributed by atoms with van der Waals surface area (Å²) in [5.74, 6) is 1.17. The number of fused-ring (bicyclic) bond motifs is 1. The molecule has 4 heteroatoms. The Balaban J connectivity index is 0.00000147. The van der Waals surface area contributed by atoms with E-state index in [1.165, 1.54) is 16.3 Å². The van der Waals surface area contributed by atoms with Crippen molar-refractivity contribution in [3.8, 4) is 0 Å². The zero-order valence-corrected chi connectivity index (χ0v) is 13.4. The van der Waals surface area contributed by atoms with Crippen molar-refractivity contribution in [1.29, 1.82) is 0 Å². The number of amidine groups is 1. The van der Waals surface area contributed by atoms with Gasteiger partial charge in [-0.25, -0.2) is 4.99 Å². The number of hydrogen-bond donors (Lipinski definition) is 0. The van der Waals surface area contributed by atoms with Crippen molar-refractivity contribution in [3.63, 3.8) is 0 Å². The number of para-hydroxylation sites is 1. The number of nitrogens with zero attached hydrogens (tertiary/aromatic N) is 2. The van der Waals surface area contributed by atoms with Gasteiger partial charge in [0.25, 0.3) is 0 Å². The van der Waals surface area contributed by atoms with Gasteiger partial charge in [0, 0.05) is 18.3 Å². The molecular formula is C16H19ClN2S. The highest BCUT2D eigenvalue weighted by Crippen LogP contribution is 2.34. The van der Waals surface area contributed by atoms with E-state index in [0.717, 1.165) is 18.5 Å². The van der Waals surface area contributed by atoms with Crippen LogP contribution in [0, 0.1) is 0 Å². The predicted octanol–water partition coefficient (Wildman–Crippen LogP) is 4.84. The fourth-order valence-corrected chi connectivity index (χ4v) is 3.51. The molecule has 1 aromatic carbocycles. The van der Waals surface area contributed by atoms with E-state index in [1.54, 1.807) is 0 Å². The van der Waals surface area contributed by atoms with Crippen molar-refractivity contribution in [3.05, 3.63) is 52.2 Å². The zero-order chi connectivity index (χ0) is 13.2. The first-order valence-corrected chi connectivity index (χ1v) is 7.59. The average molecular weight is 307 g/mol. The van der Waals surface area contributed by atoms with E-state index in [2.05, 4.69) is 60.6 Å². The first kappa shape index (κ1) is 15.1. The van der Waals surface area contributed by atoms with Gasteiger partial charge in [-0.05, 0) is 29.5 Å². The normalized spacial score (nSPS) is 17.8. The topological polar surface area (TPSA) is 15.6 Å². The lowest BCUT2D eigenvalue weighted by Gasteiger charge is -2.28. The second kappa shape index (κ2) is 6.42. The molecule has 0 saturated carbocycles. The summed E-state index contributed by atoms with van der Waals surface area (Å²) in [4.78, 5) is 8.60. The molecule has 20 heavy (non-hydrogen) atoms. The number of aliphatic imine (C=N–C) groups is 1. The standard InChI is InChI=1S/C16H18N2S.ClH/c1-3-16-17-13-8-5-4-7-12(13)11-14(18(16)2)15-9-6-10-19-15;/h4-10,14H,3,11H2,1-2H3;1H. The number of benzene rings is 1. The summed E-state index contributed by atoms with van der Waals surface area (Å²) >= 11 is 1.83. The van der Waals surface area contributed by atoms with Gasteiger partial charge < -0.3 is 4.90 Å². The van der Waals surface area contributed by atoms with E-state index >= 15 is 0 Å². The van der Waals surface area contributed by atoms with Crippen LogP contribution in [0.2, 0.25) is 0 Å². The van der Waals surface area contributed by atoms with Gasteiger partial charge >= 0.3 is 0 Å². The van der Waals surface area contributed by atoms with Crippen LogP contribution in [0.4, 0.5) is 5.69 Å². The summed E-state index contributed by atoms with van der Waals surface area (Å²) in [6, 6.07) is 13.3. The number of likely N-dealkylation sites (N-methyl/N-ethyl adjacent to an activating group) is 1. The van der Waals surface area contributed by atoms with Crippen LogP contribution in [0.5, 0.6) is 0 Å². The molecule has 0 aliphatic carbocycles. The Hall–Kier alpha value is -1.32. The Morgan fingerprint density at radius 2 is 2.05 bits per heavy atom. The third-order valence-electron chi connectivity index (χ3n) is 3.72. The third-order valence-corrected chi connectivity index (χ3v) is 4.69. The van der Waals surface area contributed by atoms with Gasteiger partial charge in [0.15, 0.2) is 0 Å². The number of rotatable bonds is 2. The molecule has 3 rings (SSSR count). The molecule has 106 valence electrons. The molecule has 2 aromatic rings. The first-order chi connectivity index (χ1) is 9.29. The molecule has 1 unspecified atom stereocenters. The Morgan fingerprint density at radius 1 is 1.25 bits per heavy atom. The fourth-order valence-electron chi connectivity index (χ4n) is 2.64. The summed E-state index contributed by atoms with van der Waals surface area (Å²) < 4.78 is 0. The third kappa shape index (κ3) is 2.74. The molecule has 2 nitrogen and oxygen atoms in total. The van der Waals surface area contributed by atoms with Gasteiger partial charge in [-0.15, -0.1) is 23.7 Å². The second-order valence-electron chi connectivity index (χ2n) is 4.86. The number of halogens is 1. The van der Waals surface area contributed by atoms with Crippen LogP contribution >= 0.6 is 23.7 Å². The van der Waals surface area contributed by atoms with Crippen LogP contribution in [0.25, 0.3) is 0 Å². The SMILES string of the molecule is CCC1=Nc2ccccc2CC(c2cccs2)N1C.Cl. The van der Waals surface area contributed by atoms with E-state index in [0.29, 0.717) is 6.04 Å². The highest BCUT2D eigenvalue weighted by Gasteiger charge is 2.24. The van der Waals surface area contributed by atoms with E-state index < -0.39 is 0 Å². The first-order valence-electron chi connectivity index (χ1n) is 6.71. The van der Waals surface area contributed by atoms with Crippen molar-refractivity contribution in [2.75, 3.05) is 7.05 Å². The summed E-state index contributed by atoms with van der Waals surface area (Å²) in [6.07, 6.45) is 1.99. The lowest BCUT2D eigenvalue weighted by Crippen LogP contribution is -2.30. The second-order valence-corrected chi connectivity index (χ2v) is 5.84. The molecule has 1 aliphatic heterocycles. The maximum atomic E-state index is 4.85. The van der Waals surface area contributed by atoms with Gasteiger partial charge in [0.05, 0.1) is 11.7 Å². The summed E-state index contributed by atoms with van der Waals surface area (Å²) in [6.45, 7) is 2.18. The molecular weight excluding hydrogens is 288 g/mol.